The molecular weight excluding hydrogens is 445 g/mol. The normalized spacial score (nSPS) is 16.0. The maximum Gasteiger partial charge on any atom is 0.190 e. The fourth-order valence-electron chi connectivity index (χ4n) is 2.94. The largest absolute Gasteiger partial charge is 0.382 e. The summed E-state index contributed by atoms with van der Waals surface area (Å²) in [6, 6.07) is 0. The number of rotatable bonds is 13. The molecule has 1 rings (SSSR count). The predicted octanol–water partition coefficient (Wildman–Crippen LogP) is 3.34. The van der Waals surface area contributed by atoms with E-state index in [0.29, 0.717) is 19.3 Å². The fraction of sp³-hybridized carbons (Fsp3) is 0.947. The lowest BCUT2D eigenvalue weighted by Crippen LogP contribution is -2.38. The van der Waals surface area contributed by atoms with Gasteiger partial charge in [0.15, 0.2) is 5.96 Å². The molecular formula is C19H40IN3O3. The molecule has 0 amide bonds. The van der Waals surface area contributed by atoms with Gasteiger partial charge < -0.3 is 24.8 Å². The minimum Gasteiger partial charge on any atom is -0.382 e. The standard InChI is InChI=1S/C19H39N3O3.HI/c1-20-19(22-13-9-14-24-17-16-23-2)21-12-7-8-15-25-18-10-5-3-4-6-11-18;/h18H,3-17H2,1-2H3,(H2,20,21,22);1H. The first-order valence-electron chi connectivity index (χ1n) is 9.99. The summed E-state index contributed by atoms with van der Waals surface area (Å²) in [7, 11) is 3.49. The zero-order valence-electron chi connectivity index (χ0n) is 16.8. The Kier molecular flexibility index (Phi) is 19.5. The summed E-state index contributed by atoms with van der Waals surface area (Å²) in [5.41, 5.74) is 0. The van der Waals surface area contributed by atoms with Gasteiger partial charge in [0.1, 0.15) is 0 Å². The van der Waals surface area contributed by atoms with E-state index in [0.717, 1.165) is 51.5 Å². The fourth-order valence-corrected chi connectivity index (χ4v) is 2.94. The summed E-state index contributed by atoms with van der Waals surface area (Å²) >= 11 is 0. The summed E-state index contributed by atoms with van der Waals surface area (Å²) in [6.45, 7) is 4.73. The molecule has 1 fully saturated rings. The van der Waals surface area contributed by atoms with Crippen LogP contribution in [0.3, 0.4) is 0 Å². The van der Waals surface area contributed by atoms with Crippen LogP contribution in [-0.2, 0) is 14.2 Å². The van der Waals surface area contributed by atoms with Crippen molar-refractivity contribution in [1.82, 2.24) is 10.6 Å². The number of methoxy groups -OCH3 is 1. The molecule has 7 heteroatoms. The SMILES string of the molecule is CN=C(NCCCCOC1CCCCCC1)NCCCOCCOC.I. The molecule has 1 aliphatic rings. The Balaban J connectivity index is 0.00000625. The molecule has 0 atom stereocenters. The van der Waals surface area contributed by atoms with Gasteiger partial charge >= 0.3 is 0 Å². The number of aliphatic imine (C=N–C) groups is 1. The highest BCUT2D eigenvalue weighted by Crippen LogP contribution is 2.19. The third kappa shape index (κ3) is 15.0. The van der Waals surface area contributed by atoms with Crippen molar-refractivity contribution < 1.29 is 14.2 Å². The monoisotopic (exact) mass is 485 g/mol. The van der Waals surface area contributed by atoms with Crippen LogP contribution in [0.1, 0.15) is 57.8 Å². The number of nitrogens with zero attached hydrogens (tertiary/aromatic N) is 1. The molecule has 0 spiro atoms. The van der Waals surface area contributed by atoms with Crippen molar-refractivity contribution >= 4 is 29.9 Å². The van der Waals surface area contributed by atoms with Gasteiger partial charge in [0.25, 0.3) is 0 Å². The molecule has 1 aliphatic carbocycles. The summed E-state index contributed by atoms with van der Waals surface area (Å²) in [6.07, 6.45) is 11.6. The van der Waals surface area contributed by atoms with E-state index in [4.69, 9.17) is 14.2 Å². The van der Waals surface area contributed by atoms with Gasteiger partial charge in [-0.25, -0.2) is 0 Å². The molecule has 1 saturated carbocycles. The molecule has 26 heavy (non-hydrogen) atoms. The third-order valence-corrected chi connectivity index (χ3v) is 4.43. The van der Waals surface area contributed by atoms with E-state index in [1.54, 1.807) is 14.2 Å². The maximum absolute atomic E-state index is 6.02. The van der Waals surface area contributed by atoms with Crippen LogP contribution in [0.2, 0.25) is 0 Å². The molecule has 0 aromatic heterocycles. The van der Waals surface area contributed by atoms with Crippen molar-refractivity contribution in [2.24, 2.45) is 4.99 Å². The second-order valence-electron chi connectivity index (χ2n) is 6.58. The second-order valence-corrected chi connectivity index (χ2v) is 6.58. The topological polar surface area (TPSA) is 64.1 Å². The minimum absolute atomic E-state index is 0. The van der Waals surface area contributed by atoms with Gasteiger partial charge in [0.2, 0.25) is 0 Å². The van der Waals surface area contributed by atoms with E-state index in [2.05, 4.69) is 15.6 Å². The van der Waals surface area contributed by atoms with E-state index in [1.807, 2.05) is 0 Å². The van der Waals surface area contributed by atoms with Gasteiger partial charge in [-0.1, -0.05) is 25.7 Å². The third-order valence-electron chi connectivity index (χ3n) is 4.43. The Labute approximate surface area is 177 Å². The molecule has 0 aliphatic heterocycles. The van der Waals surface area contributed by atoms with Crippen LogP contribution >= 0.6 is 24.0 Å². The molecule has 2 N–H and O–H groups in total. The highest BCUT2D eigenvalue weighted by Gasteiger charge is 2.11. The number of guanidine groups is 1. The van der Waals surface area contributed by atoms with E-state index in [9.17, 15) is 0 Å². The molecule has 0 aromatic carbocycles. The summed E-state index contributed by atoms with van der Waals surface area (Å²) in [4.78, 5) is 4.24. The lowest BCUT2D eigenvalue weighted by Gasteiger charge is -2.15. The zero-order valence-corrected chi connectivity index (χ0v) is 19.1. The number of nitrogens with one attached hydrogen (secondary N) is 2. The second kappa shape index (κ2) is 19.6. The zero-order chi connectivity index (χ0) is 18.0. The van der Waals surface area contributed by atoms with Crippen LogP contribution in [0, 0.1) is 0 Å². The van der Waals surface area contributed by atoms with Crippen LogP contribution < -0.4 is 10.6 Å². The van der Waals surface area contributed by atoms with Crippen molar-refractivity contribution in [3.8, 4) is 0 Å². The highest BCUT2D eigenvalue weighted by atomic mass is 127. The minimum atomic E-state index is 0. The van der Waals surface area contributed by atoms with Gasteiger partial charge in [0.05, 0.1) is 19.3 Å². The quantitative estimate of drug-likeness (QED) is 0.138. The number of ether oxygens (including phenoxy) is 3. The molecule has 6 nitrogen and oxygen atoms in total. The first-order chi connectivity index (χ1) is 12.4. The van der Waals surface area contributed by atoms with E-state index in [-0.39, 0.29) is 24.0 Å². The molecule has 0 bridgehead atoms. The molecule has 0 unspecified atom stereocenters. The summed E-state index contributed by atoms with van der Waals surface area (Å²) in [5.74, 6) is 0.863. The van der Waals surface area contributed by atoms with Crippen molar-refractivity contribution in [2.75, 3.05) is 53.7 Å². The number of unbranched alkanes of at least 4 members (excludes halogenated alkanes) is 1. The summed E-state index contributed by atoms with van der Waals surface area (Å²) in [5, 5.41) is 6.66. The van der Waals surface area contributed by atoms with Crippen LogP contribution in [0.25, 0.3) is 0 Å². The average Bonchev–Trinajstić information content (AvgIpc) is 2.90. The number of hydrogen-bond donors (Lipinski definition) is 2. The Hall–Kier alpha value is -0.120. The van der Waals surface area contributed by atoms with Crippen molar-refractivity contribution in [1.29, 1.82) is 0 Å². The van der Waals surface area contributed by atoms with Crippen molar-refractivity contribution in [2.45, 2.75) is 63.9 Å². The first kappa shape index (κ1) is 25.9. The Morgan fingerprint density at radius 3 is 2.23 bits per heavy atom. The Morgan fingerprint density at radius 1 is 0.885 bits per heavy atom. The lowest BCUT2D eigenvalue weighted by molar-refractivity contribution is 0.0411. The van der Waals surface area contributed by atoms with Crippen LogP contribution in [0.5, 0.6) is 0 Å². The van der Waals surface area contributed by atoms with Gasteiger partial charge in [0, 0.05) is 40.5 Å². The van der Waals surface area contributed by atoms with E-state index < -0.39 is 0 Å². The average molecular weight is 485 g/mol. The predicted molar refractivity (Wildman–Crippen MR) is 119 cm³/mol. The molecule has 0 radical (unpaired) electrons. The molecule has 156 valence electrons. The lowest BCUT2D eigenvalue weighted by atomic mass is 10.1. The molecule has 0 heterocycles. The van der Waals surface area contributed by atoms with E-state index in [1.165, 1.54) is 38.5 Å². The van der Waals surface area contributed by atoms with Gasteiger partial charge in [-0.05, 0) is 32.1 Å². The molecule has 0 saturated heterocycles. The Morgan fingerprint density at radius 2 is 1.58 bits per heavy atom. The van der Waals surface area contributed by atoms with Crippen LogP contribution in [-0.4, -0.2) is 65.7 Å². The number of hydrogen-bond acceptors (Lipinski definition) is 4. The number of halogens is 1. The van der Waals surface area contributed by atoms with E-state index >= 15 is 0 Å². The van der Waals surface area contributed by atoms with Gasteiger partial charge in [-0.15, -0.1) is 24.0 Å². The van der Waals surface area contributed by atoms with Gasteiger partial charge in [-0.2, -0.15) is 0 Å². The van der Waals surface area contributed by atoms with Gasteiger partial charge in [-0.3, -0.25) is 4.99 Å². The summed E-state index contributed by atoms with van der Waals surface area (Å²) < 4.78 is 16.4. The maximum atomic E-state index is 6.02. The molecule has 0 aromatic rings. The Bertz CT molecular complexity index is 325. The van der Waals surface area contributed by atoms with Crippen LogP contribution in [0.15, 0.2) is 4.99 Å². The first-order valence-corrected chi connectivity index (χ1v) is 9.99. The van der Waals surface area contributed by atoms with Crippen molar-refractivity contribution in [3.05, 3.63) is 0 Å². The smallest absolute Gasteiger partial charge is 0.190 e. The highest BCUT2D eigenvalue weighted by molar-refractivity contribution is 14.0. The van der Waals surface area contributed by atoms with Crippen LogP contribution in [0.4, 0.5) is 0 Å². The van der Waals surface area contributed by atoms with Crippen molar-refractivity contribution in [3.63, 3.8) is 0 Å².